The smallest absolute Gasteiger partial charge is 0.270 e. The zero-order chi connectivity index (χ0) is 13.8. The van der Waals surface area contributed by atoms with Gasteiger partial charge in [0.15, 0.2) is 6.61 Å². The van der Waals surface area contributed by atoms with Gasteiger partial charge in [-0.15, -0.1) is 0 Å². The molecule has 2 aromatic rings. The van der Waals surface area contributed by atoms with Crippen LogP contribution in [0, 0.1) is 17.0 Å². The van der Waals surface area contributed by atoms with Crippen LogP contribution in [-0.2, 0) is 13.2 Å². The van der Waals surface area contributed by atoms with Crippen molar-refractivity contribution in [3.05, 3.63) is 45.6 Å². The van der Waals surface area contributed by atoms with Crippen LogP contribution in [0.3, 0.4) is 0 Å². The molecule has 0 bridgehead atoms. The lowest BCUT2D eigenvalue weighted by Crippen LogP contribution is -2.01. The Kier molecular flexibility index (Phi) is 3.71. The lowest BCUT2D eigenvalue weighted by Gasteiger charge is -2.07. The number of benzene rings is 1. The number of nitro groups is 1. The molecule has 8 heteroatoms. The van der Waals surface area contributed by atoms with E-state index in [0.717, 1.165) is 0 Å². The first-order chi connectivity index (χ1) is 9.10. The number of aryl methyl sites for hydroxylation is 1. The molecule has 1 heterocycles. The fourth-order valence-electron chi connectivity index (χ4n) is 1.49. The molecule has 0 aliphatic heterocycles. The van der Waals surface area contributed by atoms with E-state index in [1.54, 1.807) is 6.92 Å². The SMILES string of the molecule is Cc1nc(COc2ccc([N+](=O)[O-])cc2CO)no1. The van der Waals surface area contributed by atoms with Crippen LogP contribution >= 0.6 is 0 Å². The van der Waals surface area contributed by atoms with Gasteiger partial charge in [0.05, 0.1) is 11.5 Å². The fraction of sp³-hybridized carbons (Fsp3) is 0.273. The van der Waals surface area contributed by atoms with Crippen molar-refractivity contribution in [3.8, 4) is 5.75 Å². The minimum absolute atomic E-state index is 0.0577. The molecule has 1 aromatic heterocycles. The molecule has 0 spiro atoms. The zero-order valence-corrected chi connectivity index (χ0v) is 10.1. The van der Waals surface area contributed by atoms with Crippen LogP contribution in [-0.4, -0.2) is 20.2 Å². The highest BCUT2D eigenvalue weighted by atomic mass is 16.6. The van der Waals surface area contributed by atoms with Crippen LogP contribution in [0.2, 0.25) is 0 Å². The number of nitrogens with zero attached hydrogens (tertiary/aromatic N) is 3. The summed E-state index contributed by atoms with van der Waals surface area (Å²) < 4.78 is 10.2. The lowest BCUT2D eigenvalue weighted by atomic mass is 10.2. The van der Waals surface area contributed by atoms with E-state index < -0.39 is 4.92 Å². The first-order valence-electron chi connectivity index (χ1n) is 5.40. The van der Waals surface area contributed by atoms with Crippen molar-refractivity contribution < 1.29 is 19.3 Å². The predicted octanol–water partition coefficient (Wildman–Crippen LogP) is 1.36. The van der Waals surface area contributed by atoms with Gasteiger partial charge in [0, 0.05) is 24.6 Å². The van der Waals surface area contributed by atoms with E-state index in [-0.39, 0.29) is 18.9 Å². The summed E-state index contributed by atoms with van der Waals surface area (Å²) in [5, 5.41) is 23.4. The monoisotopic (exact) mass is 265 g/mol. The zero-order valence-electron chi connectivity index (χ0n) is 10.1. The Labute approximate surface area is 107 Å². The third-order valence-corrected chi connectivity index (χ3v) is 2.35. The number of ether oxygens (including phenoxy) is 1. The van der Waals surface area contributed by atoms with Gasteiger partial charge in [-0.2, -0.15) is 4.98 Å². The van der Waals surface area contributed by atoms with Crippen molar-refractivity contribution in [3.63, 3.8) is 0 Å². The molecule has 1 aromatic carbocycles. The Morgan fingerprint density at radius 3 is 2.89 bits per heavy atom. The maximum Gasteiger partial charge on any atom is 0.270 e. The van der Waals surface area contributed by atoms with Crippen molar-refractivity contribution in [1.29, 1.82) is 0 Å². The predicted molar refractivity (Wildman–Crippen MR) is 62.4 cm³/mol. The highest BCUT2D eigenvalue weighted by molar-refractivity contribution is 5.43. The van der Waals surface area contributed by atoms with Crippen molar-refractivity contribution >= 4 is 5.69 Å². The molecule has 0 saturated heterocycles. The fourth-order valence-corrected chi connectivity index (χ4v) is 1.49. The van der Waals surface area contributed by atoms with Crippen LogP contribution in [0.5, 0.6) is 5.75 Å². The van der Waals surface area contributed by atoms with Gasteiger partial charge in [-0.05, 0) is 6.07 Å². The summed E-state index contributed by atoms with van der Waals surface area (Å²) in [6.07, 6.45) is 0. The Balaban J connectivity index is 2.13. The van der Waals surface area contributed by atoms with Crippen LogP contribution in [0.15, 0.2) is 22.7 Å². The molecule has 8 nitrogen and oxygen atoms in total. The van der Waals surface area contributed by atoms with E-state index in [1.807, 2.05) is 0 Å². The van der Waals surface area contributed by atoms with Gasteiger partial charge in [-0.1, -0.05) is 5.16 Å². The van der Waals surface area contributed by atoms with Gasteiger partial charge in [0.1, 0.15) is 5.75 Å². The van der Waals surface area contributed by atoms with E-state index in [0.29, 0.717) is 23.0 Å². The topological polar surface area (TPSA) is 112 Å². The van der Waals surface area contributed by atoms with E-state index in [4.69, 9.17) is 9.26 Å². The number of nitro benzene ring substituents is 1. The molecule has 19 heavy (non-hydrogen) atoms. The number of non-ortho nitro benzene ring substituents is 1. The van der Waals surface area contributed by atoms with E-state index in [1.165, 1.54) is 18.2 Å². The second-order valence-corrected chi connectivity index (χ2v) is 3.73. The molecule has 0 radical (unpaired) electrons. The summed E-state index contributed by atoms with van der Waals surface area (Å²) in [5.74, 6) is 1.12. The van der Waals surface area contributed by atoms with Gasteiger partial charge in [-0.25, -0.2) is 0 Å². The quantitative estimate of drug-likeness (QED) is 0.641. The summed E-state index contributed by atoms with van der Waals surface area (Å²) >= 11 is 0. The molecule has 0 atom stereocenters. The highest BCUT2D eigenvalue weighted by Gasteiger charge is 2.12. The van der Waals surface area contributed by atoms with Crippen LogP contribution in [0.1, 0.15) is 17.3 Å². The largest absolute Gasteiger partial charge is 0.485 e. The van der Waals surface area contributed by atoms with E-state index in [2.05, 4.69) is 10.1 Å². The average molecular weight is 265 g/mol. The molecule has 0 unspecified atom stereocenters. The molecule has 100 valence electrons. The Morgan fingerprint density at radius 2 is 2.32 bits per heavy atom. The van der Waals surface area contributed by atoms with Gasteiger partial charge >= 0.3 is 0 Å². The van der Waals surface area contributed by atoms with Crippen LogP contribution in [0.4, 0.5) is 5.69 Å². The molecule has 1 N–H and O–H groups in total. The van der Waals surface area contributed by atoms with E-state index in [9.17, 15) is 15.2 Å². The Hall–Kier alpha value is -2.48. The number of aliphatic hydroxyl groups is 1. The van der Waals surface area contributed by atoms with Crippen molar-refractivity contribution in [2.45, 2.75) is 20.1 Å². The van der Waals surface area contributed by atoms with Gasteiger partial charge in [0.2, 0.25) is 11.7 Å². The summed E-state index contributed by atoms with van der Waals surface area (Å²) in [4.78, 5) is 14.0. The summed E-state index contributed by atoms with van der Waals surface area (Å²) in [6.45, 7) is 1.35. The van der Waals surface area contributed by atoms with Crippen molar-refractivity contribution in [2.75, 3.05) is 0 Å². The van der Waals surface area contributed by atoms with Crippen LogP contribution in [0.25, 0.3) is 0 Å². The lowest BCUT2D eigenvalue weighted by molar-refractivity contribution is -0.385. The first kappa shape index (κ1) is 13.0. The minimum atomic E-state index is -0.536. The first-order valence-corrected chi connectivity index (χ1v) is 5.40. The van der Waals surface area contributed by atoms with E-state index >= 15 is 0 Å². The second kappa shape index (κ2) is 5.44. The maximum atomic E-state index is 10.6. The number of hydrogen-bond acceptors (Lipinski definition) is 7. The molecule has 0 aliphatic carbocycles. The molecule has 0 saturated carbocycles. The normalized spacial score (nSPS) is 10.4. The van der Waals surface area contributed by atoms with Crippen molar-refractivity contribution in [2.24, 2.45) is 0 Å². The van der Waals surface area contributed by atoms with Gasteiger partial charge in [0.25, 0.3) is 5.69 Å². The molecule has 0 fully saturated rings. The van der Waals surface area contributed by atoms with Gasteiger partial charge < -0.3 is 14.4 Å². The number of aliphatic hydroxyl groups excluding tert-OH is 1. The second-order valence-electron chi connectivity index (χ2n) is 3.73. The molecule has 0 amide bonds. The third-order valence-electron chi connectivity index (χ3n) is 2.35. The summed E-state index contributed by atoms with van der Waals surface area (Å²) in [6, 6.07) is 3.99. The summed E-state index contributed by atoms with van der Waals surface area (Å²) in [5.41, 5.74) is 0.223. The Bertz CT molecular complexity index is 596. The molecule has 2 rings (SSSR count). The molecular weight excluding hydrogens is 254 g/mol. The Morgan fingerprint density at radius 1 is 1.53 bits per heavy atom. The van der Waals surface area contributed by atoms with Crippen molar-refractivity contribution in [1.82, 2.24) is 10.1 Å². The number of aromatic nitrogens is 2. The highest BCUT2D eigenvalue weighted by Crippen LogP contribution is 2.24. The average Bonchev–Trinajstić information content (AvgIpc) is 2.81. The standard InChI is InChI=1S/C11H11N3O5/c1-7-12-11(13-19-7)6-18-10-3-2-9(14(16)17)4-8(10)5-15/h2-4,15H,5-6H2,1H3. The van der Waals surface area contributed by atoms with Crippen LogP contribution < -0.4 is 4.74 Å². The molecule has 0 aliphatic rings. The minimum Gasteiger partial charge on any atom is -0.485 e. The summed E-state index contributed by atoms with van der Waals surface area (Å²) in [7, 11) is 0. The molecular formula is C11H11N3O5. The maximum absolute atomic E-state index is 10.6. The van der Waals surface area contributed by atoms with Gasteiger partial charge in [-0.3, -0.25) is 10.1 Å². The number of rotatable bonds is 5. The number of hydrogen-bond donors (Lipinski definition) is 1. The third kappa shape index (κ3) is 3.05.